The van der Waals surface area contributed by atoms with Crippen LogP contribution >= 0.6 is 11.6 Å². The van der Waals surface area contributed by atoms with Gasteiger partial charge in [0.25, 0.3) is 0 Å². The Bertz CT molecular complexity index is 579. The lowest BCUT2D eigenvalue weighted by molar-refractivity contribution is 0.262. The summed E-state index contributed by atoms with van der Waals surface area (Å²) in [5.74, 6) is 0. The fourth-order valence-corrected chi connectivity index (χ4v) is 1.76. The van der Waals surface area contributed by atoms with Crippen LogP contribution in [0, 0.1) is 6.92 Å². The zero-order valence-electron chi connectivity index (χ0n) is 10.1. The molecule has 2 aromatic rings. The molecule has 1 aromatic carbocycles. The fraction of sp³-hybridized carbons (Fsp3) is 0.167. The molecule has 2 rings (SSSR count). The van der Waals surface area contributed by atoms with E-state index >= 15 is 0 Å². The zero-order valence-corrected chi connectivity index (χ0v) is 10.8. The molecular formula is C12H13ClN4O. The summed E-state index contributed by atoms with van der Waals surface area (Å²) in [7, 11) is 1.80. The predicted molar refractivity (Wildman–Crippen MR) is 72.0 cm³/mol. The summed E-state index contributed by atoms with van der Waals surface area (Å²) in [6, 6.07) is 6.63. The number of nitrogens with zero attached hydrogens (tertiary/aromatic N) is 2. The highest BCUT2D eigenvalue weighted by molar-refractivity contribution is 6.30. The van der Waals surface area contributed by atoms with E-state index in [-0.39, 0.29) is 6.03 Å². The molecule has 0 aliphatic heterocycles. The molecular weight excluding hydrogens is 252 g/mol. The number of aromatic nitrogens is 2. The molecule has 0 saturated heterocycles. The first kappa shape index (κ1) is 12.4. The van der Waals surface area contributed by atoms with Gasteiger partial charge in [-0.25, -0.2) is 4.79 Å². The number of nitrogens with one attached hydrogen (secondary N) is 2. The van der Waals surface area contributed by atoms with E-state index < -0.39 is 0 Å². The maximum atomic E-state index is 11.8. The van der Waals surface area contributed by atoms with Gasteiger partial charge < -0.3 is 10.6 Å². The van der Waals surface area contributed by atoms with E-state index in [1.165, 1.54) is 0 Å². The third-order valence-corrected chi connectivity index (χ3v) is 2.58. The number of hydrogen-bond donors (Lipinski definition) is 2. The van der Waals surface area contributed by atoms with Crippen molar-refractivity contribution in [3.8, 4) is 0 Å². The average Bonchev–Trinajstić information content (AvgIpc) is 2.57. The average molecular weight is 265 g/mol. The zero-order chi connectivity index (χ0) is 13.1. The van der Waals surface area contributed by atoms with Gasteiger partial charge in [-0.3, -0.25) is 4.68 Å². The first-order valence-corrected chi connectivity index (χ1v) is 5.76. The number of carbonyl (C=O) groups excluding carboxylic acids is 1. The molecule has 0 unspecified atom stereocenters. The molecule has 18 heavy (non-hydrogen) atoms. The molecule has 1 heterocycles. The quantitative estimate of drug-likeness (QED) is 0.876. The molecule has 2 N–H and O–H groups in total. The Kier molecular flexibility index (Phi) is 3.53. The SMILES string of the molecule is Cc1nn(C)cc1NC(=O)Nc1cccc(Cl)c1. The molecule has 0 radical (unpaired) electrons. The van der Waals surface area contributed by atoms with Crippen LogP contribution < -0.4 is 10.6 Å². The van der Waals surface area contributed by atoms with E-state index in [1.807, 2.05) is 6.92 Å². The van der Waals surface area contributed by atoms with Gasteiger partial charge in [0.15, 0.2) is 0 Å². The monoisotopic (exact) mass is 264 g/mol. The molecule has 0 fully saturated rings. The van der Waals surface area contributed by atoms with E-state index in [0.29, 0.717) is 16.4 Å². The van der Waals surface area contributed by atoms with Crippen LogP contribution in [0.5, 0.6) is 0 Å². The smallest absolute Gasteiger partial charge is 0.308 e. The van der Waals surface area contributed by atoms with E-state index in [1.54, 1.807) is 42.2 Å². The van der Waals surface area contributed by atoms with Crippen molar-refractivity contribution < 1.29 is 4.79 Å². The highest BCUT2D eigenvalue weighted by Crippen LogP contribution is 2.16. The van der Waals surface area contributed by atoms with Gasteiger partial charge in [0.05, 0.1) is 11.4 Å². The molecule has 0 saturated carbocycles. The predicted octanol–water partition coefficient (Wildman–Crippen LogP) is 3.03. The number of aryl methyl sites for hydroxylation is 2. The molecule has 0 aliphatic carbocycles. The minimum absolute atomic E-state index is 0.326. The van der Waals surface area contributed by atoms with Crippen LogP contribution in [0.3, 0.4) is 0 Å². The van der Waals surface area contributed by atoms with E-state index in [2.05, 4.69) is 15.7 Å². The largest absolute Gasteiger partial charge is 0.323 e. The Hall–Kier alpha value is -2.01. The van der Waals surface area contributed by atoms with Crippen molar-refractivity contribution in [3.05, 3.63) is 41.2 Å². The fourth-order valence-electron chi connectivity index (χ4n) is 1.57. The second kappa shape index (κ2) is 5.10. The number of amides is 2. The number of halogens is 1. The van der Waals surface area contributed by atoms with Crippen molar-refractivity contribution in [2.75, 3.05) is 10.6 Å². The van der Waals surface area contributed by atoms with Crippen LogP contribution in [0.4, 0.5) is 16.2 Å². The van der Waals surface area contributed by atoms with Crippen molar-refractivity contribution in [3.63, 3.8) is 0 Å². The van der Waals surface area contributed by atoms with Gasteiger partial charge >= 0.3 is 6.03 Å². The summed E-state index contributed by atoms with van der Waals surface area (Å²) in [5, 5.41) is 10.1. The summed E-state index contributed by atoms with van der Waals surface area (Å²) in [5.41, 5.74) is 2.08. The Labute approximate surface area is 110 Å². The lowest BCUT2D eigenvalue weighted by atomic mass is 10.3. The van der Waals surface area contributed by atoms with Gasteiger partial charge in [0, 0.05) is 24.0 Å². The van der Waals surface area contributed by atoms with Crippen LogP contribution in [-0.4, -0.2) is 15.8 Å². The van der Waals surface area contributed by atoms with Gasteiger partial charge in [-0.1, -0.05) is 17.7 Å². The third kappa shape index (κ3) is 3.01. The molecule has 0 atom stereocenters. The minimum atomic E-state index is -0.326. The Morgan fingerprint density at radius 3 is 2.78 bits per heavy atom. The van der Waals surface area contributed by atoms with E-state index in [9.17, 15) is 4.79 Å². The lowest BCUT2D eigenvalue weighted by Gasteiger charge is -2.06. The summed E-state index contributed by atoms with van der Waals surface area (Å²) >= 11 is 5.83. The Morgan fingerprint density at radius 2 is 2.17 bits per heavy atom. The van der Waals surface area contributed by atoms with Crippen molar-refractivity contribution in [1.82, 2.24) is 9.78 Å². The van der Waals surface area contributed by atoms with Crippen LogP contribution in [0.2, 0.25) is 5.02 Å². The van der Waals surface area contributed by atoms with Crippen molar-refractivity contribution in [2.24, 2.45) is 7.05 Å². The van der Waals surface area contributed by atoms with Crippen molar-refractivity contribution in [1.29, 1.82) is 0 Å². The normalized spacial score (nSPS) is 10.2. The molecule has 6 heteroatoms. The summed E-state index contributed by atoms with van der Waals surface area (Å²) < 4.78 is 1.64. The third-order valence-electron chi connectivity index (χ3n) is 2.34. The maximum absolute atomic E-state index is 11.8. The topological polar surface area (TPSA) is 59.0 Å². The molecule has 0 bridgehead atoms. The molecule has 2 amide bonds. The number of carbonyl (C=O) groups is 1. The number of anilines is 2. The standard InChI is InChI=1S/C12H13ClN4O/c1-8-11(7-17(2)16-8)15-12(18)14-10-5-3-4-9(13)6-10/h3-7H,1-2H3,(H2,14,15,18). The first-order chi connectivity index (χ1) is 8.54. The molecule has 94 valence electrons. The van der Waals surface area contributed by atoms with Crippen LogP contribution in [0.1, 0.15) is 5.69 Å². The van der Waals surface area contributed by atoms with Crippen LogP contribution in [-0.2, 0) is 7.05 Å². The summed E-state index contributed by atoms with van der Waals surface area (Å²) in [4.78, 5) is 11.8. The van der Waals surface area contributed by atoms with Gasteiger partial charge in [-0.05, 0) is 25.1 Å². The second-order valence-electron chi connectivity index (χ2n) is 3.89. The molecule has 0 spiro atoms. The Morgan fingerprint density at radius 1 is 1.39 bits per heavy atom. The van der Waals surface area contributed by atoms with Crippen molar-refractivity contribution in [2.45, 2.75) is 6.92 Å². The highest BCUT2D eigenvalue weighted by atomic mass is 35.5. The Balaban J connectivity index is 2.03. The molecule has 5 nitrogen and oxygen atoms in total. The first-order valence-electron chi connectivity index (χ1n) is 5.38. The van der Waals surface area contributed by atoms with Gasteiger partial charge in [0.1, 0.15) is 0 Å². The lowest BCUT2D eigenvalue weighted by Crippen LogP contribution is -2.19. The summed E-state index contributed by atoms with van der Waals surface area (Å²) in [6.07, 6.45) is 1.74. The minimum Gasteiger partial charge on any atom is -0.308 e. The second-order valence-corrected chi connectivity index (χ2v) is 4.33. The van der Waals surface area contributed by atoms with E-state index in [0.717, 1.165) is 5.69 Å². The van der Waals surface area contributed by atoms with Gasteiger partial charge in [0.2, 0.25) is 0 Å². The molecule has 1 aromatic heterocycles. The van der Waals surface area contributed by atoms with Crippen molar-refractivity contribution >= 4 is 29.0 Å². The van der Waals surface area contributed by atoms with Crippen LogP contribution in [0.15, 0.2) is 30.5 Å². The highest BCUT2D eigenvalue weighted by Gasteiger charge is 2.07. The number of hydrogen-bond acceptors (Lipinski definition) is 2. The van der Waals surface area contributed by atoms with Crippen LogP contribution in [0.25, 0.3) is 0 Å². The summed E-state index contributed by atoms with van der Waals surface area (Å²) in [6.45, 7) is 1.83. The van der Waals surface area contributed by atoms with Gasteiger partial charge in [-0.2, -0.15) is 5.10 Å². The number of benzene rings is 1. The van der Waals surface area contributed by atoms with Gasteiger partial charge in [-0.15, -0.1) is 0 Å². The number of rotatable bonds is 2. The molecule has 0 aliphatic rings. The number of urea groups is 1. The van der Waals surface area contributed by atoms with E-state index in [4.69, 9.17) is 11.6 Å². The maximum Gasteiger partial charge on any atom is 0.323 e.